The van der Waals surface area contributed by atoms with Crippen molar-refractivity contribution in [2.24, 2.45) is 10.7 Å². The molecule has 1 heterocycles. The van der Waals surface area contributed by atoms with Crippen molar-refractivity contribution in [3.63, 3.8) is 0 Å². The van der Waals surface area contributed by atoms with Crippen molar-refractivity contribution in [2.45, 2.75) is 51.6 Å². The summed E-state index contributed by atoms with van der Waals surface area (Å²) in [6.45, 7) is 5.85. The number of aromatic nitrogens is 2. The average molecular weight is 452 g/mol. The molecule has 174 valence electrons. The molecule has 0 amide bonds. The molecule has 0 radical (unpaired) electrons. The van der Waals surface area contributed by atoms with Gasteiger partial charge in [0, 0.05) is 0 Å². The minimum Gasteiger partial charge on any atom is -0.469 e. The van der Waals surface area contributed by atoms with Crippen LogP contribution in [0.1, 0.15) is 56.0 Å². The van der Waals surface area contributed by atoms with Crippen molar-refractivity contribution >= 4 is 11.7 Å². The second-order valence-electron chi connectivity index (χ2n) is 7.01. The number of benzene rings is 1. The summed E-state index contributed by atoms with van der Waals surface area (Å²) in [5, 5.41) is 4.01. The van der Waals surface area contributed by atoms with E-state index in [2.05, 4.69) is 19.9 Å². The summed E-state index contributed by atoms with van der Waals surface area (Å²) in [5.74, 6) is -0.359. The van der Waals surface area contributed by atoms with Gasteiger partial charge in [0.15, 0.2) is 5.82 Å². The fourth-order valence-electron chi connectivity index (χ4n) is 3.14. The third-order valence-corrected chi connectivity index (χ3v) is 4.93. The van der Waals surface area contributed by atoms with Crippen molar-refractivity contribution in [3.8, 4) is 0 Å². The molecule has 7 nitrogen and oxygen atoms in total. The van der Waals surface area contributed by atoms with E-state index in [0.717, 1.165) is 24.0 Å². The number of esters is 1. The first-order valence-electron chi connectivity index (χ1n) is 10.2. The van der Waals surface area contributed by atoms with Crippen LogP contribution in [0, 0.1) is 6.92 Å². The summed E-state index contributed by atoms with van der Waals surface area (Å²) in [4.78, 5) is 19.6. The van der Waals surface area contributed by atoms with Crippen LogP contribution >= 0.6 is 0 Å². The van der Waals surface area contributed by atoms with Crippen molar-refractivity contribution in [2.75, 3.05) is 13.7 Å². The van der Waals surface area contributed by atoms with Crippen LogP contribution in [0.3, 0.4) is 0 Å². The Hall–Kier alpha value is -3.17. The van der Waals surface area contributed by atoms with Crippen molar-refractivity contribution in [1.29, 1.82) is 0 Å². The minimum atomic E-state index is -4.75. The number of halogens is 3. The topological polar surface area (TPSA) is 104 Å². The molecule has 2 aromatic rings. The van der Waals surface area contributed by atoms with E-state index >= 15 is 0 Å². The molecule has 0 unspecified atom stereocenters. The molecule has 1 aromatic heterocycles. The van der Waals surface area contributed by atoms with Crippen molar-refractivity contribution in [3.05, 3.63) is 58.9 Å². The number of methoxy groups -OCH3 is 1. The van der Waals surface area contributed by atoms with Gasteiger partial charge in [0.2, 0.25) is 0 Å². The van der Waals surface area contributed by atoms with E-state index in [1.165, 1.54) is 7.11 Å². The van der Waals surface area contributed by atoms with Crippen LogP contribution in [0.4, 0.5) is 13.2 Å². The Morgan fingerprint density at radius 3 is 2.53 bits per heavy atom. The lowest BCUT2D eigenvalue weighted by Crippen LogP contribution is -2.21. The maximum atomic E-state index is 12.9. The summed E-state index contributed by atoms with van der Waals surface area (Å²) in [5.41, 5.74) is 5.22. The third-order valence-electron chi connectivity index (χ3n) is 4.93. The van der Waals surface area contributed by atoms with Gasteiger partial charge >= 0.3 is 12.1 Å². The van der Waals surface area contributed by atoms with E-state index < -0.39 is 23.3 Å². The van der Waals surface area contributed by atoms with Crippen LogP contribution in [0.2, 0.25) is 0 Å². The van der Waals surface area contributed by atoms with Gasteiger partial charge in [0.25, 0.3) is 5.89 Å². The Balaban J connectivity index is 0.00000176. The predicted octanol–water partition coefficient (Wildman–Crippen LogP) is 4.24. The zero-order valence-electron chi connectivity index (χ0n) is 18.5. The van der Waals surface area contributed by atoms with Crippen LogP contribution in [0.15, 0.2) is 45.6 Å². The molecule has 2 N–H and O–H groups in total. The van der Waals surface area contributed by atoms with Gasteiger partial charge in [-0.2, -0.15) is 18.2 Å². The highest BCUT2D eigenvalue weighted by Crippen LogP contribution is 2.53. The van der Waals surface area contributed by atoms with Gasteiger partial charge in [-0.1, -0.05) is 43.3 Å². The Bertz CT molecular complexity index is 992. The van der Waals surface area contributed by atoms with Gasteiger partial charge in [-0.3, -0.25) is 9.79 Å². The molecule has 0 bridgehead atoms. The lowest BCUT2D eigenvalue weighted by atomic mass is 9.91. The van der Waals surface area contributed by atoms with Crippen LogP contribution in [0.25, 0.3) is 0 Å². The molecule has 0 atom stereocenters. The van der Waals surface area contributed by atoms with Gasteiger partial charge in [-0.25, -0.2) is 0 Å². The molecule has 0 saturated heterocycles. The first kappa shape index (κ1) is 25.1. The molecule has 1 aliphatic carbocycles. The second kappa shape index (κ2) is 10.4. The number of hydrogen-bond acceptors (Lipinski definition) is 7. The summed E-state index contributed by atoms with van der Waals surface area (Å²) in [7, 11) is 1.21. The largest absolute Gasteiger partial charge is 0.469 e. The van der Waals surface area contributed by atoms with Crippen LogP contribution < -0.4 is 5.73 Å². The van der Waals surface area contributed by atoms with Crippen molar-refractivity contribution < 1.29 is 27.2 Å². The normalized spacial score (nSPS) is 15.6. The molecule has 1 saturated carbocycles. The molecular weight excluding hydrogens is 425 g/mol. The van der Waals surface area contributed by atoms with E-state index in [9.17, 15) is 18.0 Å². The predicted molar refractivity (Wildman–Crippen MR) is 113 cm³/mol. The number of hydrogen-bond donors (Lipinski definition) is 1. The van der Waals surface area contributed by atoms with Crippen molar-refractivity contribution in [1.82, 2.24) is 10.1 Å². The number of rotatable bonds is 7. The highest BCUT2D eigenvalue weighted by atomic mass is 19.4. The molecule has 32 heavy (non-hydrogen) atoms. The third kappa shape index (κ3) is 5.74. The smallest absolute Gasteiger partial charge is 0.430 e. The number of alkyl halides is 3. The molecule has 0 spiro atoms. The van der Waals surface area contributed by atoms with E-state index in [0.29, 0.717) is 11.9 Å². The summed E-state index contributed by atoms with van der Waals surface area (Å²) < 4.78 is 48.5. The van der Waals surface area contributed by atoms with E-state index in [4.69, 9.17) is 10.3 Å². The number of carbonyl (C=O) groups is 1. The van der Waals surface area contributed by atoms with Gasteiger partial charge in [-0.05, 0) is 37.0 Å². The first-order chi connectivity index (χ1) is 15.2. The van der Waals surface area contributed by atoms with Gasteiger partial charge in [0.1, 0.15) is 11.4 Å². The lowest BCUT2D eigenvalue weighted by Gasteiger charge is -2.13. The monoisotopic (exact) mass is 452 g/mol. The van der Waals surface area contributed by atoms with Crippen LogP contribution in [-0.2, 0) is 14.9 Å². The van der Waals surface area contributed by atoms with E-state index in [1.54, 1.807) is 0 Å². The maximum Gasteiger partial charge on any atom is 0.430 e. The molecule has 1 aromatic carbocycles. The van der Waals surface area contributed by atoms with Gasteiger partial charge < -0.3 is 15.0 Å². The van der Waals surface area contributed by atoms with E-state index in [-0.39, 0.29) is 24.6 Å². The molecule has 0 aliphatic heterocycles. The van der Waals surface area contributed by atoms with Gasteiger partial charge in [0.05, 0.1) is 25.5 Å². The number of nitrogens with two attached hydrogens (primary N) is 1. The lowest BCUT2D eigenvalue weighted by molar-refractivity contribution is -0.140. The highest BCUT2D eigenvalue weighted by Gasteiger charge is 2.50. The Morgan fingerprint density at radius 1 is 1.31 bits per heavy atom. The maximum absolute atomic E-state index is 12.9. The van der Waals surface area contributed by atoms with Crippen LogP contribution in [0.5, 0.6) is 0 Å². The minimum absolute atomic E-state index is 0.117. The Morgan fingerprint density at radius 2 is 1.97 bits per heavy atom. The Kier molecular flexibility index (Phi) is 8.18. The number of aryl methyl sites for hydroxylation is 1. The number of ether oxygens (including phenoxy) is 1. The number of nitrogens with zero attached hydrogens (tertiary/aromatic N) is 3. The fourth-order valence-corrected chi connectivity index (χ4v) is 3.14. The molecular formula is C22H27F3N4O3. The Labute approximate surface area is 184 Å². The summed E-state index contributed by atoms with van der Waals surface area (Å²) >= 11 is 0. The highest BCUT2D eigenvalue weighted by molar-refractivity contribution is 6.06. The summed E-state index contributed by atoms with van der Waals surface area (Å²) in [6.07, 6.45) is -2.64. The molecule has 10 heteroatoms. The first-order valence-corrected chi connectivity index (χ1v) is 10.2. The quantitative estimate of drug-likeness (QED) is 0.498. The standard InChI is InChI=1S/C20H21F3N4O3.C2H6/c1-12-5-3-4-6-13(12)19(8-9-19)18-26-17(30-27-18)14(11-15(24)20(21,22)23)25-10-7-16(28)29-2;1-2/h3-6,11H,7-10,24H2,1-2H3;1-2H3/b15-11-,25-14?;. The zero-order chi connectivity index (χ0) is 23.9. The second-order valence-corrected chi connectivity index (χ2v) is 7.01. The molecule has 1 aliphatic rings. The molecule has 1 fully saturated rings. The zero-order valence-corrected chi connectivity index (χ0v) is 18.5. The summed E-state index contributed by atoms with van der Waals surface area (Å²) in [6, 6.07) is 7.79. The number of allylic oxidation sites excluding steroid dienone is 2. The van der Waals surface area contributed by atoms with Gasteiger partial charge in [-0.15, -0.1) is 0 Å². The SMILES string of the molecule is CC.COC(=O)CCN=C(/C=C(\N)C(F)(F)F)c1nc(C2(c3ccccc3C)CC2)no1. The molecule has 3 rings (SSSR count). The van der Waals surface area contributed by atoms with Crippen LogP contribution in [-0.4, -0.2) is 41.7 Å². The number of aliphatic imine (C=N–C) groups is 1. The average Bonchev–Trinajstić information content (AvgIpc) is 3.42. The fraction of sp³-hybridized carbons (Fsp3) is 0.455. The number of carbonyl (C=O) groups excluding carboxylic acids is 1. The van der Waals surface area contributed by atoms with E-state index in [1.807, 2.05) is 45.0 Å².